The molecule has 0 spiro atoms. The van der Waals surface area contributed by atoms with Gasteiger partial charge in [-0.3, -0.25) is 4.79 Å². The fraction of sp³-hybridized carbons (Fsp3) is 0.562. The molecule has 5 nitrogen and oxygen atoms in total. The lowest BCUT2D eigenvalue weighted by Gasteiger charge is -2.29. The molecule has 1 rings (SSSR count). The molecule has 1 aromatic rings. The van der Waals surface area contributed by atoms with Crippen molar-refractivity contribution in [2.75, 3.05) is 26.4 Å². The molecule has 7 heteroatoms. The summed E-state index contributed by atoms with van der Waals surface area (Å²) in [6.45, 7) is 3.64. The highest BCUT2D eigenvalue weighted by Gasteiger charge is 2.38. The molecule has 0 amide bonds. The van der Waals surface area contributed by atoms with Gasteiger partial charge in [0, 0.05) is 6.54 Å². The van der Waals surface area contributed by atoms with Gasteiger partial charge in [0.15, 0.2) is 9.84 Å². The van der Waals surface area contributed by atoms with Crippen LogP contribution in [0.2, 0.25) is 0 Å². The molecule has 23 heavy (non-hydrogen) atoms. The van der Waals surface area contributed by atoms with Crippen LogP contribution in [-0.2, 0) is 21.1 Å². The Kier molecular flexibility index (Phi) is 8.24. The van der Waals surface area contributed by atoms with E-state index in [0.717, 1.165) is 5.56 Å². The van der Waals surface area contributed by atoms with E-state index in [4.69, 9.17) is 0 Å². The number of carbonyl (C=O) groups is 1. The number of sulfone groups is 1. The molecule has 0 saturated carbocycles. The van der Waals surface area contributed by atoms with E-state index in [1.165, 1.54) is 0 Å². The molecule has 132 valence electrons. The van der Waals surface area contributed by atoms with Crippen LogP contribution in [-0.4, -0.2) is 55.5 Å². The third-order valence-corrected chi connectivity index (χ3v) is 6.29. The molecular formula is C16H26ClNO4S. The van der Waals surface area contributed by atoms with Gasteiger partial charge in [-0.1, -0.05) is 30.3 Å². The number of hydrogen-bond acceptors (Lipinski definition) is 4. The Morgan fingerprint density at radius 1 is 1.22 bits per heavy atom. The molecule has 0 aliphatic carbocycles. The topological polar surface area (TPSA) is 74.7 Å². The van der Waals surface area contributed by atoms with Crippen molar-refractivity contribution in [2.24, 2.45) is 5.92 Å². The molecule has 1 atom stereocenters. The fourth-order valence-corrected chi connectivity index (χ4v) is 4.16. The summed E-state index contributed by atoms with van der Waals surface area (Å²) >= 11 is 0. The first-order valence-electron chi connectivity index (χ1n) is 7.19. The standard InChI is InChI=1S/C16H25NO4S.ClH/c1-16(2,12-17(3)4)22(20,21)11-14(15(18)19)10-13-8-6-5-7-9-13;/h5-9,14H,10-12H2,1-4H3,(H,18,19);1H/t14-;/m1./s1. The van der Waals surface area contributed by atoms with Crippen LogP contribution >= 0.6 is 12.4 Å². The smallest absolute Gasteiger partial charge is 0.307 e. The zero-order valence-electron chi connectivity index (χ0n) is 14.0. The number of rotatable bonds is 8. The van der Waals surface area contributed by atoms with Crippen LogP contribution < -0.4 is 0 Å². The zero-order valence-corrected chi connectivity index (χ0v) is 15.7. The molecule has 0 aliphatic rings. The number of nitrogens with zero attached hydrogens (tertiary/aromatic N) is 1. The highest BCUT2D eigenvalue weighted by atomic mass is 35.5. The Labute approximate surface area is 145 Å². The van der Waals surface area contributed by atoms with Gasteiger partial charge in [-0.2, -0.15) is 0 Å². The van der Waals surface area contributed by atoms with Crippen molar-refractivity contribution in [3.63, 3.8) is 0 Å². The van der Waals surface area contributed by atoms with Crippen LogP contribution in [0.15, 0.2) is 30.3 Å². The molecule has 0 saturated heterocycles. The van der Waals surface area contributed by atoms with Gasteiger partial charge in [0.25, 0.3) is 0 Å². The third-order valence-electron chi connectivity index (χ3n) is 3.63. The maximum atomic E-state index is 12.6. The van der Waals surface area contributed by atoms with E-state index in [0.29, 0.717) is 6.54 Å². The van der Waals surface area contributed by atoms with Crippen LogP contribution in [0.4, 0.5) is 0 Å². The SMILES string of the molecule is CN(C)CC(C)(C)S(=O)(=O)C[C@@H](Cc1ccccc1)C(=O)O.Cl. The molecule has 0 unspecified atom stereocenters. The summed E-state index contributed by atoms with van der Waals surface area (Å²) in [6, 6.07) is 9.11. The third kappa shape index (κ3) is 6.49. The second kappa shape index (κ2) is 8.66. The molecule has 0 aliphatic heterocycles. The fourth-order valence-electron chi connectivity index (χ4n) is 2.47. The van der Waals surface area contributed by atoms with E-state index in [9.17, 15) is 18.3 Å². The predicted molar refractivity (Wildman–Crippen MR) is 94.9 cm³/mol. The van der Waals surface area contributed by atoms with Crippen LogP contribution in [0.5, 0.6) is 0 Å². The molecule has 0 aromatic heterocycles. The van der Waals surface area contributed by atoms with Gasteiger partial charge in [-0.25, -0.2) is 8.42 Å². The van der Waals surface area contributed by atoms with Crippen molar-refractivity contribution >= 4 is 28.2 Å². The minimum Gasteiger partial charge on any atom is -0.481 e. The van der Waals surface area contributed by atoms with E-state index in [-0.39, 0.29) is 24.6 Å². The number of halogens is 1. The predicted octanol–water partition coefficient (Wildman–Crippen LogP) is 2.11. The minimum atomic E-state index is -3.54. The monoisotopic (exact) mass is 363 g/mol. The van der Waals surface area contributed by atoms with Crippen molar-refractivity contribution in [1.82, 2.24) is 4.90 Å². The average Bonchev–Trinajstić information content (AvgIpc) is 2.37. The first kappa shape index (κ1) is 21.9. The maximum absolute atomic E-state index is 12.6. The quantitative estimate of drug-likeness (QED) is 0.765. The summed E-state index contributed by atoms with van der Waals surface area (Å²) in [7, 11) is 0.0613. The van der Waals surface area contributed by atoms with Crippen molar-refractivity contribution in [1.29, 1.82) is 0 Å². The highest BCUT2D eigenvalue weighted by molar-refractivity contribution is 7.92. The number of carboxylic acid groups (broad SMARTS) is 1. The molecule has 0 fully saturated rings. The summed E-state index contributed by atoms with van der Waals surface area (Å²) in [4.78, 5) is 13.3. The Bertz CT molecular complexity index is 600. The molecule has 0 bridgehead atoms. The number of carboxylic acids is 1. The summed E-state index contributed by atoms with van der Waals surface area (Å²) < 4.78 is 24.2. The Balaban J connectivity index is 0.00000484. The van der Waals surface area contributed by atoms with Gasteiger partial charge in [-0.05, 0) is 39.9 Å². The molecule has 0 radical (unpaired) electrons. The van der Waals surface area contributed by atoms with Gasteiger partial charge in [0.1, 0.15) is 0 Å². The molecule has 1 aromatic carbocycles. The number of hydrogen-bond donors (Lipinski definition) is 1. The first-order chi connectivity index (χ1) is 10.0. The Morgan fingerprint density at radius 2 is 1.74 bits per heavy atom. The van der Waals surface area contributed by atoms with E-state index in [1.807, 2.05) is 30.3 Å². The summed E-state index contributed by atoms with van der Waals surface area (Å²) in [5.41, 5.74) is 0.829. The van der Waals surface area contributed by atoms with E-state index >= 15 is 0 Å². The lowest BCUT2D eigenvalue weighted by atomic mass is 10.0. The zero-order chi connectivity index (χ0) is 17.0. The summed E-state index contributed by atoms with van der Waals surface area (Å²) in [6.07, 6.45) is 0.216. The summed E-state index contributed by atoms with van der Waals surface area (Å²) in [5, 5.41) is 9.37. The normalized spacial score (nSPS) is 13.4. The number of aliphatic carboxylic acids is 1. The van der Waals surface area contributed by atoms with E-state index in [1.54, 1.807) is 32.8 Å². The van der Waals surface area contributed by atoms with Crippen LogP contribution in [0.1, 0.15) is 19.4 Å². The van der Waals surface area contributed by atoms with Crippen molar-refractivity contribution < 1.29 is 18.3 Å². The second-order valence-corrected chi connectivity index (χ2v) is 9.17. The van der Waals surface area contributed by atoms with Crippen molar-refractivity contribution in [2.45, 2.75) is 25.0 Å². The van der Waals surface area contributed by atoms with Gasteiger partial charge in [0.05, 0.1) is 16.4 Å². The van der Waals surface area contributed by atoms with E-state index in [2.05, 4.69) is 0 Å². The Hall–Kier alpha value is -1.11. The second-order valence-electron chi connectivity index (χ2n) is 6.50. The van der Waals surface area contributed by atoms with Gasteiger partial charge in [-0.15, -0.1) is 12.4 Å². The largest absolute Gasteiger partial charge is 0.481 e. The first-order valence-corrected chi connectivity index (χ1v) is 8.84. The molecule has 0 heterocycles. The summed E-state index contributed by atoms with van der Waals surface area (Å²) in [5.74, 6) is -2.36. The lowest BCUT2D eigenvalue weighted by Crippen LogP contribution is -2.45. The minimum absolute atomic E-state index is 0. The van der Waals surface area contributed by atoms with Gasteiger partial charge in [0.2, 0.25) is 0 Å². The Morgan fingerprint density at radius 3 is 2.17 bits per heavy atom. The maximum Gasteiger partial charge on any atom is 0.307 e. The molecular weight excluding hydrogens is 338 g/mol. The van der Waals surface area contributed by atoms with Crippen molar-refractivity contribution in [3.8, 4) is 0 Å². The van der Waals surface area contributed by atoms with Crippen molar-refractivity contribution in [3.05, 3.63) is 35.9 Å². The highest BCUT2D eigenvalue weighted by Crippen LogP contribution is 2.22. The van der Waals surface area contributed by atoms with Crippen LogP contribution in [0.3, 0.4) is 0 Å². The number of benzene rings is 1. The average molecular weight is 364 g/mol. The van der Waals surface area contributed by atoms with Crippen LogP contribution in [0, 0.1) is 5.92 Å². The van der Waals surface area contributed by atoms with Crippen LogP contribution in [0.25, 0.3) is 0 Å². The molecule has 1 N–H and O–H groups in total. The van der Waals surface area contributed by atoms with E-state index < -0.39 is 26.5 Å². The van der Waals surface area contributed by atoms with Gasteiger partial charge >= 0.3 is 5.97 Å². The lowest BCUT2D eigenvalue weighted by molar-refractivity contribution is -0.140. The van der Waals surface area contributed by atoms with Gasteiger partial charge < -0.3 is 10.0 Å².